The Morgan fingerprint density at radius 3 is 2.12 bits per heavy atom. The molecule has 2 aliphatic heterocycles. The summed E-state index contributed by atoms with van der Waals surface area (Å²) >= 11 is 0. The molecule has 0 saturated carbocycles. The van der Waals surface area contributed by atoms with Gasteiger partial charge in [0.1, 0.15) is 5.69 Å². The topological polar surface area (TPSA) is 201 Å². The smallest absolute Gasteiger partial charge is 0.364 e. The van der Waals surface area contributed by atoms with Crippen LogP contribution in [0.25, 0.3) is 10.9 Å². The van der Waals surface area contributed by atoms with Gasteiger partial charge in [0.25, 0.3) is 5.91 Å². The maximum Gasteiger partial charge on any atom is 0.399 e. The molecule has 1 unspecified atom stereocenters. The van der Waals surface area contributed by atoms with Crippen molar-refractivity contribution in [3.8, 4) is 6.07 Å². The Bertz CT molecular complexity index is 1590. The van der Waals surface area contributed by atoms with Gasteiger partial charge in [-0.25, -0.2) is 0 Å². The first kappa shape index (κ1) is 40.5. The van der Waals surface area contributed by atoms with Crippen LogP contribution in [-0.4, -0.2) is 92.9 Å². The van der Waals surface area contributed by atoms with Crippen molar-refractivity contribution in [1.82, 2.24) is 19.7 Å². The Kier molecular flexibility index (Phi) is 16.0. The summed E-state index contributed by atoms with van der Waals surface area (Å²) in [5.41, 5.74) is 0.292. The van der Waals surface area contributed by atoms with Crippen LogP contribution in [0.4, 0.5) is 8.78 Å². The summed E-state index contributed by atoms with van der Waals surface area (Å²) < 4.78 is 37.7. The molecule has 2 saturated heterocycles. The fourth-order valence-electron chi connectivity index (χ4n) is 4.89. The fourth-order valence-corrected chi connectivity index (χ4v) is 5.36. The average Bonchev–Trinajstić information content (AvgIpc) is 3.87. The van der Waals surface area contributed by atoms with Crippen molar-refractivity contribution in [3.63, 3.8) is 0 Å². The maximum absolute atomic E-state index is 13.5. The number of aromatic nitrogens is 1. The molecule has 16 heteroatoms. The van der Waals surface area contributed by atoms with Crippen molar-refractivity contribution < 1.29 is 42.3 Å². The number of fused-ring (bicyclic) bond motifs is 1. The molecule has 1 atom stereocenters. The second-order valence-corrected chi connectivity index (χ2v) is 12.9. The molecule has 5 rings (SSSR count). The zero-order chi connectivity index (χ0) is 36.6. The van der Waals surface area contributed by atoms with Crippen LogP contribution >= 0.6 is 7.60 Å². The zero-order valence-electron chi connectivity index (χ0n) is 27.5. The van der Waals surface area contributed by atoms with E-state index in [1.54, 1.807) is 16.7 Å². The van der Waals surface area contributed by atoms with E-state index >= 15 is 0 Å². The average molecular weight is 705 g/mol. The molecule has 0 aliphatic carbocycles. The second kappa shape index (κ2) is 19.4. The lowest BCUT2D eigenvalue weighted by Crippen LogP contribution is -2.34. The quantitative estimate of drug-likeness (QED) is 0.199. The molecular weight excluding hydrogens is 661 g/mol. The lowest BCUT2D eigenvalue weighted by Gasteiger charge is -2.21. The van der Waals surface area contributed by atoms with Gasteiger partial charge in [0.15, 0.2) is 0 Å². The molecule has 1 aromatic heterocycles. The first-order valence-electron chi connectivity index (χ1n) is 15.6. The molecule has 2 fully saturated rings. The Balaban J connectivity index is 0.000000245. The van der Waals surface area contributed by atoms with Gasteiger partial charge in [-0.3, -0.25) is 23.7 Å². The highest BCUT2D eigenvalue weighted by atomic mass is 31.2. The van der Waals surface area contributed by atoms with Crippen LogP contribution in [0, 0.1) is 17.2 Å². The minimum atomic E-state index is -5.62. The van der Waals surface area contributed by atoms with Gasteiger partial charge in [-0.15, -0.1) is 0 Å². The van der Waals surface area contributed by atoms with E-state index < -0.39 is 24.7 Å². The number of nitriles is 1. The first-order valence-corrected chi connectivity index (χ1v) is 17.2. The van der Waals surface area contributed by atoms with Crippen LogP contribution in [-0.2, 0) is 24.6 Å². The number of hydrogen-bond donors (Lipinski definition) is 4. The predicted octanol–water partition coefficient (Wildman–Crippen LogP) is 4.04. The standard InChI is InChI=1S/C11H20N2O2.C10H9F2N2O4P.C6H8N2O.C6H6/c1-3-12(10(2)14)9-6-11(15)13-7-4-5-8-13;11-10(12,19(16,17)18)6-1-2-7-5(3-6)4-8(14-7)9(13)15;7-3-6-1-2-8(4-6)5-9;1-2-4-6-5-3-1/h3-9H2,1-2H3;1-4,14H,(H2,13,15)(H2,16,17,18);5-6H,1-2,4H2;1-6H. The summed E-state index contributed by atoms with van der Waals surface area (Å²) in [5.74, 6) is -0.450. The molecule has 4 amide bonds. The van der Waals surface area contributed by atoms with Gasteiger partial charge in [-0.2, -0.15) is 14.0 Å². The van der Waals surface area contributed by atoms with Gasteiger partial charge in [0, 0.05) is 69.1 Å². The molecule has 2 aromatic carbocycles. The maximum atomic E-state index is 13.5. The SMILES string of the molecule is CCN(CCC(=O)N1CCCC1)C(C)=O.N#CC1CCN(C=O)C1.NC(=O)c1cc2cc(C(F)(F)P(=O)(O)O)ccc2[nH]1.c1ccccc1. The Labute approximate surface area is 283 Å². The molecule has 3 aromatic rings. The van der Waals surface area contributed by atoms with Gasteiger partial charge in [0.2, 0.25) is 18.2 Å². The number of amides is 4. The van der Waals surface area contributed by atoms with Crippen LogP contribution in [0.3, 0.4) is 0 Å². The summed E-state index contributed by atoms with van der Waals surface area (Å²) in [7, 11) is -5.62. The number of nitrogens with zero attached hydrogens (tertiary/aromatic N) is 4. The number of aromatic amines is 1. The van der Waals surface area contributed by atoms with Crippen LogP contribution in [0.5, 0.6) is 0 Å². The normalized spacial score (nSPS) is 15.4. The Hall–Kier alpha value is -4.64. The number of halogens is 2. The number of H-pyrrole nitrogens is 1. The third-order valence-corrected chi connectivity index (χ3v) is 8.69. The Morgan fingerprint density at radius 1 is 1.10 bits per heavy atom. The largest absolute Gasteiger partial charge is 0.399 e. The van der Waals surface area contributed by atoms with Gasteiger partial charge < -0.3 is 35.2 Å². The second-order valence-electron chi connectivity index (χ2n) is 11.2. The van der Waals surface area contributed by atoms with Crippen molar-refractivity contribution in [2.24, 2.45) is 11.7 Å². The van der Waals surface area contributed by atoms with Crippen LogP contribution in [0.2, 0.25) is 0 Å². The van der Waals surface area contributed by atoms with Crippen LogP contribution < -0.4 is 5.73 Å². The number of nitrogens with two attached hydrogens (primary N) is 1. The van der Waals surface area contributed by atoms with Gasteiger partial charge in [-0.1, -0.05) is 42.5 Å². The minimum absolute atomic E-state index is 0.0200. The fraction of sp³-hybridized carbons (Fsp3) is 0.424. The molecule has 3 heterocycles. The number of primary amides is 1. The summed E-state index contributed by atoms with van der Waals surface area (Å²) in [6, 6.07) is 18.3. The number of carbonyl (C=O) groups excluding carboxylic acids is 4. The minimum Gasteiger partial charge on any atom is -0.364 e. The van der Waals surface area contributed by atoms with Crippen LogP contribution in [0.1, 0.15) is 55.6 Å². The molecule has 0 radical (unpaired) electrons. The zero-order valence-corrected chi connectivity index (χ0v) is 28.4. The highest BCUT2D eigenvalue weighted by molar-refractivity contribution is 7.52. The van der Waals surface area contributed by atoms with E-state index in [4.69, 9.17) is 20.8 Å². The third kappa shape index (κ3) is 12.7. The Morgan fingerprint density at radius 2 is 1.69 bits per heavy atom. The molecule has 49 heavy (non-hydrogen) atoms. The number of likely N-dealkylation sites (tertiary alicyclic amines) is 2. The van der Waals surface area contributed by atoms with Crippen molar-refractivity contribution in [2.45, 2.75) is 45.2 Å². The van der Waals surface area contributed by atoms with E-state index in [2.05, 4.69) is 11.1 Å². The summed E-state index contributed by atoms with van der Waals surface area (Å²) in [6.07, 6.45) is 4.35. The molecule has 2 aliphatic rings. The number of nitrogens with one attached hydrogen (secondary N) is 1. The van der Waals surface area contributed by atoms with Crippen molar-refractivity contribution in [2.75, 3.05) is 39.3 Å². The summed E-state index contributed by atoms with van der Waals surface area (Å²) in [6.45, 7) is 7.88. The number of carbonyl (C=O) groups is 4. The molecule has 0 bridgehead atoms. The van der Waals surface area contributed by atoms with E-state index in [9.17, 15) is 32.5 Å². The predicted molar refractivity (Wildman–Crippen MR) is 179 cm³/mol. The lowest BCUT2D eigenvalue weighted by molar-refractivity contribution is -0.132. The highest BCUT2D eigenvalue weighted by Gasteiger charge is 2.50. The van der Waals surface area contributed by atoms with Gasteiger partial charge >= 0.3 is 13.3 Å². The van der Waals surface area contributed by atoms with Gasteiger partial charge in [0.05, 0.1) is 12.0 Å². The first-order chi connectivity index (χ1) is 23.1. The molecule has 13 nitrogen and oxygen atoms in total. The van der Waals surface area contributed by atoms with E-state index in [1.165, 1.54) is 12.1 Å². The van der Waals surface area contributed by atoms with Gasteiger partial charge in [-0.05, 0) is 44.4 Å². The number of benzene rings is 2. The highest BCUT2D eigenvalue weighted by Crippen LogP contribution is 2.59. The van der Waals surface area contributed by atoms with Crippen molar-refractivity contribution in [1.29, 1.82) is 5.26 Å². The number of alkyl halides is 2. The monoisotopic (exact) mass is 704 g/mol. The summed E-state index contributed by atoms with van der Waals surface area (Å²) in [4.78, 5) is 68.9. The van der Waals surface area contributed by atoms with Crippen molar-refractivity contribution >= 4 is 42.6 Å². The van der Waals surface area contributed by atoms with E-state index in [-0.39, 0.29) is 28.8 Å². The molecular formula is C33H43F2N6O7P. The lowest BCUT2D eigenvalue weighted by atomic mass is 10.1. The molecule has 266 valence electrons. The van der Waals surface area contributed by atoms with E-state index in [0.717, 1.165) is 57.4 Å². The molecule has 0 spiro atoms. The van der Waals surface area contributed by atoms with Crippen molar-refractivity contribution in [3.05, 3.63) is 71.9 Å². The number of rotatable bonds is 8. The third-order valence-electron chi connectivity index (χ3n) is 7.70. The molecule has 5 N–H and O–H groups in total. The summed E-state index contributed by atoms with van der Waals surface area (Å²) in [5, 5.41) is 8.59. The van der Waals surface area contributed by atoms with E-state index in [0.29, 0.717) is 31.6 Å². The van der Waals surface area contributed by atoms with E-state index in [1.807, 2.05) is 48.2 Å². The number of hydrogen-bond acceptors (Lipinski definition) is 6. The van der Waals surface area contributed by atoms with Crippen LogP contribution in [0.15, 0.2) is 60.7 Å².